The smallest absolute Gasteiger partial charge is 0.244 e. The normalized spacial score (nSPS) is 20.5. The van der Waals surface area contributed by atoms with Crippen LogP contribution in [0.3, 0.4) is 0 Å². The van der Waals surface area contributed by atoms with Crippen LogP contribution in [-0.2, 0) is 10.0 Å². The van der Waals surface area contributed by atoms with Crippen LogP contribution in [0.5, 0.6) is 0 Å². The monoisotopic (exact) mass is 306 g/mol. The quantitative estimate of drug-likeness (QED) is 0.935. The predicted molar refractivity (Wildman–Crippen MR) is 78.3 cm³/mol. The molecule has 0 aliphatic carbocycles. The summed E-state index contributed by atoms with van der Waals surface area (Å²) in [7, 11) is -3.46. The number of aromatic amines is 1. The maximum Gasteiger partial charge on any atom is 0.244 e. The summed E-state index contributed by atoms with van der Waals surface area (Å²) < 4.78 is 26.8. The molecule has 0 unspecified atom stereocenters. The van der Waals surface area contributed by atoms with E-state index in [9.17, 15) is 8.42 Å². The van der Waals surface area contributed by atoms with Crippen molar-refractivity contribution in [2.45, 2.75) is 30.6 Å². The van der Waals surface area contributed by atoms with Crippen molar-refractivity contribution >= 4 is 10.0 Å². The molecule has 1 N–H and O–H groups in total. The zero-order chi connectivity index (χ0) is 14.9. The van der Waals surface area contributed by atoms with Crippen molar-refractivity contribution in [3.8, 4) is 0 Å². The van der Waals surface area contributed by atoms with E-state index in [1.165, 1.54) is 6.20 Å². The average molecular weight is 306 g/mol. The highest BCUT2D eigenvalue weighted by Crippen LogP contribution is 2.30. The Labute approximate surface area is 124 Å². The molecule has 1 aliphatic rings. The first-order valence-electron chi connectivity index (χ1n) is 6.99. The van der Waals surface area contributed by atoms with Crippen LogP contribution in [0.15, 0.2) is 35.6 Å². The van der Waals surface area contributed by atoms with Gasteiger partial charge in [0.2, 0.25) is 10.0 Å². The molecular weight excluding hydrogens is 288 g/mol. The highest BCUT2D eigenvalue weighted by molar-refractivity contribution is 7.89. The fourth-order valence-electron chi connectivity index (χ4n) is 2.81. The van der Waals surface area contributed by atoms with Crippen LogP contribution in [-0.4, -0.2) is 41.0 Å². The number of nitrogens with zero attached hydrogens (tertiary/aromatic N) is 3. The highest BCUT2D eigenvalue weighted by Gasteiger charge is 2.32. The van der Waals surface area contributed by atoms with Gasteiger partial charge in [-0.2, -0.15) is 9.40 Å². The van der Waals surface area contributed by atoms with Gasteiger partial charge in [-0.05, 0) is 37.5 Å². The van der Waals surface area contributed by atoms with Crippen LogP contribution in [0.1, 0.15) is 30.0 Å². The topological polar surface area (TPSA) is 79.0 Å². The first kappa shape index (κ1) is 14.2. The first-order chi connectivity index (χ1) is 10.1. The summed E-state index contributed by atoms with van der Waals surface area (Å²) in [5.74, 6) is 0.174. The molecule has 6 nitrogen and oxygen atoms in total. The minimum Gasteiger partial charge on any atom is -0.282 e. The number of rotatable bonds is 3. The van der Waals surface area contributed by atoms with E-state index in [0.717, 1.165) is 24.1 Å². The van der Waals surface area contributed by atoms with Crippen molar-refractivity contribution < 1.29 is 8.42 Å². The minimum atomic E-state index is -3.46. The van der Waals surface area contributed by atoms with E-state index < -0.39 is 10.0 Å². The Morgan fingerprint density at radius 2 is 2.24 bits per heavy atom. The molecule has 1 fully saturated rings. The fraction of sp³-hybridized carbons (Fsp3) is 0.429. The second kappa shape index (κ2) is 5.57. The number of sulfonamides is 1. The third kappa shape index (κ3) is 2.71. The van der Waals surface area contributed by atoms with Gasteiger partial charge in [0.25, 0.3) is 0 Å². The number of aromatic nitrogens is 3. The Kier molecular flexibility index (Phi) is 3.77. The largest absolute Gasteiger partial charge is 0.282 e. The van der Waals surface area contributed by atoms with E-state index in [4.69, 9.17) is 0 Å². The molecule has 0 bridgehead atoms. The van der Waals surface area contributed by atoms with Gasteiger partial charge in [0.15, 0.2) is 0 Å². The van der Waals surface area contributed by atoms with Crippen LogP contribution < -0.4 is 0 Å². The second-order valence-electron chi connectivity index (χ2n) is 5.36. The van der Waals surface area contributed by atoms with Crippen LogP contribution in [0.25, 0.3) is 0 Å². The first-order valence-corrected chi connectivity index (χ1v) is 8.43. The lowest BCUT2D eigenvalue weighted by Crippen LogP contribution is -2.39. The van der Waals surface area contributed by atoms with Crippen molar-refractivity contribution in [1.82, 2.24) is 19.5 Å². The Hall–Kier alpha value is -1.73. The lowest BCUT2D eigenvalue weighted by atomic mass is 9.94. The molecule has 7 heteroatoms. The fourth-order valence-corrected chi connectivity index (χ4v) is 4.30. The van der Waals surface area contributed by atoms with Gasteiger partial charge in [-0.1, -0.05) is 0 Å². The summed E-state index contributed by atoms with van der Waals surface area (Å²) >= 11 is 0. The minimum absolute atomic E-state index is 0.174. The van der Waals surface area contributed by atoms with Gasteiger partial charge in [0.05, 0.1) is 6.20 Å². The molecule has 3 heterocycles. The van der Waals surface area contributed by atoms with Crippen LogP contribution in [0.4, 0.5) is 0 Å². The van der Waals surface area contributed by atoms with Crippen molar-refractivity contribution in [2.24, 2.45) is 0 Å². The van der Waals surface area contributed by atoms with Gasteiger partial charge in [0, 0.05) is 37.1 Å². The number of piperidine rings is 1. The maximum absolute atomic E-state index is 12.6. The van der Waals surface area contributed by atoms with Crippen LogP contribution in [0, 0.1) is 6.92 Å². The van der Waals surface area contributed by atoms with Crippen molar-refractivity contribution in [3.63, 3.8) is 0 Å². The Morgan fingerprint density at radius 1 is 1.38 bits per heavy atom. The van der Waals surface area contributed by atoms with Gasteiger partial charge in [-0.15, -0.1) is 0 Å². The summed E-state index contributed by atoms with van der Waals surface area (Å²) in [6, 6.07) is 3.24. The van der Waals surface area contributed by atoms with E-state index >= 15 is 0 Å². The lowest BCUT2D eigenvalue weighted by molar-refractivity contribution is 0.312. The molecule has 0 amide bonds. The van der Waals surface area contributed by atoms with Crippen LogP contribution >= 0.6 is 0 Å². The molecule has 2 aromatic rings. The second-order valence-corrected chi connectivity index (χ2v) is 7.30. The highest BCUT2D eigenvalue weighted by atomic mass is 32.2. The van der Waals surface area contributed by atoms with Gasteiger partial charge < -0.3 is 0 Å². The summed E-state index contributed by atoms with van der Waals surface area (Å²) in [4.78, 5) is 4.16. The molecule has 1 saturated heterocycles. The molecule has 0 spiro atoms. The molecule has 21 heavy (non-hydrogen) atoms. The summed E-state index contributed by atoms with van der Waals surface area (Å²) in [6.07, 6.45) is 6.58. The van der Waals surface area contributed by atoms with E-state index in [2.05, 4.69) is 15.2 Å². The molecule has 1 atom stereocenters. The maximum atomic E-state index is 12.6. The van der Waals surface area contributed by atoms with Gasteiger partial charge in [-0.25, -0.2) is 8.42 Å². The average Bonchev–Trinajstić information content (AvgIpc) is 2.94. The SMILES string of the molecule is Cc1cn[nH]c1[C@@H]1CCCN(S(=O)(=O)c2cccnc2)C1. The third-order valence-corrected chi connectivity index (χ3v) is 5.78. The summed E-state index contributed by atoms with van der Waals surface area (Å²) in [5, 5.41) is 7.04. The Bertz CT molecular complexity index is 712. The Balaban J connectivity index is 1.85. The molecule has 2 aromatic heterocycles. The van der Waals surface area contributed by atoms with Crippen molar-refractivity contribution in [3.05, 3.63) is 42.0 Å². The van der Waals surface area contributed by atoms with Crippen LogP contribution in [0.2, 0.25) is 0 Å². The standard InChI is InChI=1S/C14H18N4O2S/c1-11-8-16-17-14(11)12-4-3-7-18(10-12)21(19,20)13-5-2-6-15-9-13/h2,5-6,8-9,12H,3-4,7,10H2,1H3,(H,16,17)/t12-/m1/s1. The summed E-state index contributed by atoms with van der Waals surface area (Å²) in [5.41, 5.74) is 2.13. The molecule has 1 aliphatic heterocycles. The lowest BCUT2D eigenvalue weighted by Gasteiger charge is -2.31. The Morgan fingerprint density at radius 3 is 2.90 bits per heavy atom. The third-order valence-electron chi connectivity index (χ3n) is 3.93. The molecule has 0 saturated carbocycles. The predicted octanol–water partition coefficient (Wildman–Crippen LogP) is 1.68. The number of H-pyrrole nitrogens is 1. The van der Waals surface area contributed by atoms with Gasteiger partial charge in [-0.3, -0.25) is 10.1 Å². The zero-order valence-corrected chi connectivity index (χ0v) is 12.7. The van der Waals surface area contributed by atoms with Crippen molar-refractivity contribution in [2.75, 3.05) is 13.1 Å². The number of hydrogen-bond acceptors (Lipinski definition) is 4. The molecule has 0 radical (unpaired) electrons. The van der Waals surface area contributed by atoms with E-state index in [1.54, 1.807) is 28.8 Å². The molecule has 0 aromatic carbocycles. The van der Waals surface area contributed by atoms with Gasteiger partial charge in [0.1, 0.15) is 4.90 Å². The number of pyridine rings is 1. The molecule has 3 rings (SSSR count). The van der Waals surface area contributed by atoms with E-state index in [-0.39, 0.29) is 10.8 Å². The summed E-state index contributed by atoms with van der Waals surface area (Å²) in [6.45, 7) is 3.04. The van der Waals surface area contributed by atoms with E-state index in [0.29, 0.717) is 13.1 Å². The number of hydrogen-bond donors (Lipinski definition) is 1. The van der Waals surface area contributed by atoms with Gasteiger partial charge >= 0.3 is 0 Å². The molecule has 112 valence electrons. The molecular formula is C14H18N4O2S. The van der Waals surface area contributed by atoms with E-state index in [1.807, 2.05) is 6.92 Å². The number of aryl methyl sites for hydroxylation is 1. The van der Waals surface area contributed by atoms with Crippen molar-refractivity contribution in [1.29, 1.82) is 0 Å². The number of nitrogens with one attached hydrogen (secondary N) is 1. The zero-order valence-electron chi connectivity index (χ0n) is 11.9.